The van der Waals surface area contributed by atoms with Gasteiger partial charge < -0.3 is 4.74 Å². The molecule has 1 amide bonds. The molecule has 2 aromatic rings. The van der Waals surface area contributed by atoms with Gasteiger partial charge in [-0.2, -0.15) is 15.1 Å². The Morgan fingerprint density at radius 3 is 2.71 bits per heavy atom. The molecule has 28 heavy (non-hydrogen) atoms. The zero-order chi connectivity index (χ0) is 19.7. The third kappa shape index (κ3) is 3.59. The number of carbonyl (C=O) groups excluding carboxylic acids is 1. The van der Waals surface area contributed by atoms with E-state index in [1.807, 2.05) is 0 Å². The molecule has 140 valence electrons. The SMILES string of the molecule is CC1=NN2C(=N)/C(=C\c3ccc(OCc4ccccc4F)cc3)C(=O)N=C2S1. The van der Waals surface area contributed by atoms with E-state index < -0.39 is 5.91 Å². The van der Waals surface area contributed by atoms with Crippen LogP contribution in [0, 0.1) is 11.2 Å². The van der Waals surface area contributed by atoms with Crippen molar-refractivity contribution >= 4 is 39.8 Å². The van der Waals surface area contributed by atoms with Crippen LogP contribution in [0.5, 0.6) is 5.75 Å². The van der Waals surface area contributed by atoms with Gasteiger partial charge in [0.05, 0.1) is 10.6 Å². The molecule has 0 saturated heterocycles. The molecule has 0 spiro atoms. The summed E-state index contributed by atoms with van der Waals surface area (Å²) in [6.45, 7) is 1.92. The molecule has 0 fully saturated rings. The van der Waals surface area contributed by atoms with Gasteiger partial charge in [0.2, 0.25) is 5.17 Å². The minimum absolute atomic E-state index is 0.000714. The number of rotatable bonds is 4. The number of hydrazone groups is 1. The van der Waals surface area contributed by atoms with Crippen LogP contribution in [0.4, 0.5) is 4.39 Å². The Bertz CT molecular complexity index is 1060. The summed E-state index contributed by atoms with van der Waals surface area (Å²) < 4.78 is 19.3. The minimum Gasteiger partial charge on any atom is -0.489 e. The number of hydrogen-bond donors (Lipinski definition) is 1. The first-order valence-corrected chi connectivity index (χ1v) is 9.26. The molecule has 0 aliphatic carbocycles. The maximum atomic E-state index is 13.6. The third-order valence-corrected chi connectivity index (χ3v) is 4.92. The van der Waals surface area contributed by atoms with Gasteiger partial charge in [0.15, 0.2) is 5.84 Å². The Labute approximate surface area is 164 Å². The number of ether oxygens (including phenoxy) is 1. The first-order valence-electron chi connectivity index (χ1n) is 8.44. The van der Waals surface area contributed by atoms with E-state index in [-0.39, 0.29) is 23.8 Å². The quantitative estimate of drug-likeness (QED) is 0.794. The van der Waals surface area contributed by atoms with Crippen molar-refractivity contribution < 1.29 is 13.9 Å². The van der Waals surface area contributed by atoms with Crippen LogP contribution in [-0.2, 0) is 11.4 Å². The number of benzene rings is 2. The lowest BCUT2D eigenvalue weighted by Gasteiger charge is -2.20. The van der Waals surface area contributed by atoms with Crippen molar-refractivity contribution in [3.63, 3.8) is 0 Å². The predicted octanol–water partition coefficient (Wildman–Crippen LogP) is 4.04. The average molecular weight is 394 g/mol. The summed E-state index contributed by atoms with van der Waals surface area (Å²) in [5.41, 5.74) is 1.36. The number of amides is 1. The molecule has 2 aromatic carbocycles. The molecule has 2 aliphatic rings. The van der Waals surface area contributed by atoms with Crippen molar-refractivity contribution in [1.82, 2.24) is 5.01 Å². The lowest BCUT2D eigenvalue weighted by molar-refractivity contribution is -0.114. The molecule has 2 heterocycles. The zero-order valence-corrected chi connectivity index (χ0v) is 15.7. The molecule has 0 radical (unpaired) electrons. The summed E-state index contributed by atoms with van der Waals surface area (Å²) >= 11 is 1.27. The fourth-order valence-electron chi connectivity index (χ4n) is 2.69. The molecule has 1 N–H and O–H groups in total. The van der Waals surface area contributed by atoms with E-state index in [0.717, 1.165) is 10.6 Å². The van der Waals surface area contributed by atoms with Crippen LogP contribution in [0.25, 0.3) is 6.08 Å². The number of thioether (sulfide) groups is 1. The number of carbonyl (C=O) groups is 1. The highest BCUT2D eigenvalue weighted by molar-refractivity contribution is 8.26. The van der Waals surface area contributed by atoms with Gasteiger partial charge in [-0.25, -0.2) is 4.39 Å². The topological polar surface area (TPSA) is 78.1 Å². The molecular weight excluding hydrogens is 379 g/mol. The largest absolute Gasteiger partial charge is 0.489 e. The lowest BCUT2D eigenvalue weighted by Crippen LogP contribution is -2.35. The maximum Gasteiger partial charge on any atom is 0.283 e. The summed E-state index contributed by atoms with van der Waals surface area (Å²) in [6.07, 6.45) is 1.60. The van der Waals surface area contributed by atoms with Crippen molar-refractivity contribution in [2.24, 2.45) is 10.1 Å². The fourth-order valence-corrected chi connectivity index (χ4v) is 3.43. The van der Waals surface area contributed by atoms with Crippen LogP contribution in [0.1, 0.15) is 18.1 Å². The van der Waals surface area contributed by atoms with Crippen molar-refractivity contribution in [3.8, 4) is 5.75 Å². The van der Waals surface area contributed by atoms with Crippen LogP contribution >= 0.6 is 11.8 Å². The Morgan fingerprint density at radius 1 is 1.21 bits per heavy atom. The fraction of sp³-hybridized carbons (Fsp3) is 0.100. The van der Waals surface area contributed by atoms with E-state index in [2.05, 4.69) is 10.1 Å². The van der Waals surface area contributed by atoms with Crippen LogP contribution in [0.15, 0.2) is 64.2 Å². The van der Waals surface area contributed by atoms with E-state index in [0.29, 0.717) is 16.5 Å². The van der Waals surface area contributed by atoms with Crippen molar-refractivity contribution in [2.45, 2.75) is 13.5 Å². The van der Waals surface area contributed by atoms with Crippen LogP contribution in [0.2, 0.25) is 0 Å². The van der Waals surface area contributed by atoms with Gasteiger partial charge in [-0.1, -0.05) is 30.3 Å². The number of fused-ring (bicyclic) bond motifs is 1. The highest BCUT2D eigenvalue weighted by Crippen LogP contribution is 2.28. The minimum atomic E-state index is -0.464. The van der Waals surface area contributed by atoms with E-state index >= 15 is 0 Å². The number of amidine groups is 2. The second-order valence-corrected chi connectivity index (χ2v) is 7.25. The van der Waals surface area contributed by atoms with Gasteiger partial charge in [-0.3, -0.25) is 10.2 Å². The first-order chi connectivity index (χ1) is 13.5. The molecule has 4 rings (SSSR count). The molecule has 6 nitrogen and oxygen atoms in total. The number of aliphatic imine (C=N–C) groups is 1. The van der Waals surface area contributed by atoms with Crippen LogP contribution < -0.4 is 4.74 Å². The van der Waals surface area contributed by atoms with Crippen molar-refractivity contribution in [1.29, 1.82) is 5.41 Å². The molecule has 2 aliphatic heterocycles. The Morgan fingerprint density at radius 2 is 1.96 bits per heavy atom. The molecule has 0 bridgehead atoms. The van der Waals surface area contributed by atoms with Crippen molar-refractivity contribution in [3.05, 3.63) is 71.0 Å². The third-order valence-electron chi connectivity index (χ3n) is 4.10. The number of hydrogen-bond acceptors (Lipinski definition) is 5. The summed E-state index contributed by atoms with van der Waals surface area (Å²) in [5.74, 6) is -0.198. The van der Waals surface area contributed by atoms with Gasteiger partial charge in [0, 0.05) is 5.56 Å². The van der Waals surface area contributed by atoms with Gasteiger partial charge in [0.1, 0.15) is 18.2 Å². The summed E-state index contributed by atoms with van der Waals surface area (Å²) in [4.78, 5) is 16.3. The monoisotopic (exact) mass is 394 g/mol. The molecule has 8 heteroatoms. The van der Waals surface area contributed by atoms with E-state index in [9.17, 15) is 9.18 Å². The average Bonchev–Trinajstić information content (AvgIpc) is 3.06. The molecular formula is C20H15FN4O2S. The van der Waals surface area contributed by atoms with Crippen LogP contribution in [-0.4, -0.2) is 27.0 Å². The van der Waals surface area contributed by atoms with Crippen molar-refractivity contribution in [2.75, 3.05) is 0 Å². The van der Waals surface area contributed by atoms with E-state index in [1.54, 1.807) is 55.5 Å². The summed E-state index contributed by atoms with van der Waals surface area (Å²) in [7, 11) is 0. The first kappa shape index (κ1) is 18.1. The lowest BCUT2D eigenvalue weighted by atomic mass is 10.1. The molecule has 0 unspecified atom stereocenters. The van der Waals surface area contributed by atoms with Gasteiger partial charge in [-0.05, 0) is 48.5 Å². The Hall–Kier alpha value is -3.26. The predicted molar refractivity (Wildman–Crippen MR) is 108 cm³/mol. The highest BCUT2D eigenvalue weighted by atomic mass is 32.2. The standard InChI is InChI=1S/C20H15FN4O2S/c1-12-24-25-18(22)16(19(26)23-20(25)28-12)10-13-6-8-15(9-7-13)27-11-14-4-2-3-5-17(14)21/h2-10,22H,11H2,1H3/b16-10+,22-18?. The Balaban J connectivity index is 1.49. The second-order valence-electron chi connectivity index (χ2n) is 6.09. The smallest absolute Gasteiger partial charge is 0.283 e. The normalized spacial score (nSPS) is 17.5. The highest BCUT2D eigenvalue weighted by Gasteiger charge is 2.34. The number of nitrogens with zero attached hydrogens (tertiary/aromatic N) is 3. The summed E-state index contributed by atoms with van der Waals surface area (Å²) in [6, 6.07) is 13.4. The van der Waals surface area contributed by atoms with Gasteiger partial charge in [0.25, 0.3) is 5.91 Å². The van der Waals surface area contributed by atoms with Gasteiger partial charge >= 0.3 is 0 Å². The van der Waals surface area contributed by atoms with Crippen LogP contribution in [0.3, 0.4) is 0 Å². The molecule has 0 saturated carbocycles. The van der Waals surface area contributed by atoms with E-state index in [1.165, 1.54) is 22.8 Å². The van der Waals surface area contributed by atoms with Gasteiger partial charge in [-0.15, -0.1) is 0 Å². The molecule has 0 aromatic heterocycles. The summed E-state index contributed by atoms with van der Waals surface area (Å²) in [5, 5.41) is 14.9. The Kier molecular flexibility index (Phi) is 4.79. The second kappa shape index (κ2) is 7.40. The van der Waals surface area contributed by atoms with E-state index in [4.69, 9.17) is 10.1 Å². The number of halogens is 1. The maximum absolute atomic E-state index is 13.6. The number of nitrogens with one attached hydrogen (secondary N) is 1. The zero-order valence-electron chi connectivity index (χ0n) is 14.8. The molecule has 0 atom stereocenters.